The van der Waals surface area contributed by atoms with Gasteiger partial charge in [-0.1, -0.05) is 23.4 Å². The van der Waals surface area contributed by atoms with Crippen LogP contribution in [0.4, 0.5) is 5.69 Å². The Kier molecular flexibility index (Phi) is 4.51. The maximum Gasteiger partial charge on any atom is 0.304 e. The van der Waals surface area contributed by atoms with Crippen molar-refractivity contribution in [1.82, 2.24) is 4.98 Å². The molecule has 0 spiro atoms. The minimum absolute atomic E-state index is 0.0773. The SMILES string of the molecule is O=C(O)CCSc1ncc(Cl)cc1[N+](=O)[O-]. The van der Waals surface area contributed by atoms with E-state index in [0.717, 1.165) is 11.8 Å². The molecule has 0 bridgehead atoms. The number of halogens is 1. The van der Waals surface area contributed by atoms with Gasteiger partial charge < -0.3 is 5.11 Å². The van der Waals surface area contributed by atoms with E-state index < -0.39 is 10.9 Å². The van der Waals surface area contributed by atoms with E-state index >= 15 is 0 Å². The van der Waals surface area contributed by atoms with Crippen molar-refractivity contribution in [3.05, 3.63) is 27.4 Å². The Morgan fingerprint density at radius 2 is 2.38 bits per heavy atom. The molecule has 0 amide bonds. The Labute approximate surface area is 99.8 Å². The zero-order chi connectivity index (χ0) is 12.1. The molecule has 1 aromatic rings. The molecule has 0 radical (unpaired) electrons. The molecule has 16 heavy (non-hydrogen) atoms. The first-order valence-corrected chi connectivity index (χ1v) is 5.51. The van der Waals surface area contributed by atoms with Crippen LogP contribution in [0.3, 0.4) is 0 Å². The van der Waals surface area contributed by atoms with Gasteiger partial charge in [0.2, 0.25) is 0 Å². The highest BCUT2D eigenvalue weighted by Gasteiger charge is 2.16. The van der Waals surface area contributed by atoms with Crippen LogP contribution in [-0.4, -0.2) is 26.7 Å². The van der Waals surface area contributed by atoms with Crippen LogP contribution >= 0.6 is 23.4 Å². The largest absolute Gasteiger partial charge is 0.481 e. The molecular formula is C8H7ClN2O4S. The van der Waals surface area contributed by atoms with Crippen LogP contribution in [0.25, 0.3) is 0 Å². The van der Waals surface area contributed by atoms with Gasteiger partial charge in [-0.05, 0) is 0 Å². The molecule has 1 aromatic heterocycles. The molecule has 0 saturated heterocycles. The quantitative estimate of drug-likeness (QED) is 0.497. The Morgan fingerprint density at radius 3 is 2.94 bits per heavy atom. The lowest BCUT2D eigenvalue weighted by Gasteiger charge is -2.00. The second kappa shape index (κ2) is 5.66. The number of hydrogen-bond acceptors (Lipinski definition) is 5. The summed E-state index contributed by atoms with van der Waals surface area (Å²) in [5, 5.41) is 19.4. The molecule has 1 N–H and O–H groups in total. The van der Waals surface area contributed by atoms with Gasteiger partial charge in [0.15, 0.2) is 5.03 Å². The van der Waals surface area contributed by atoms with Gasteiger partial charge in [-0.15, -0.1) is 0 Å². The number of pyridine rings is 1. The molecule has 1 heterocycles. The number of aromatic nitrogens is 1. The number of carboxylic acids is 1. The van der Waals surface area contributed by atoms with E-state index in [-0.39, 0.29) is 27.9 Å². The van der Waals surface area contributed by atoms with E-state index in [2.05, 4.69) is 4.98 Å². The molecule has 0 aliphatic carbocycles. The van der Waals surface area contributed by atoms with Gasteiger partial charge in [-0.3, -0.25) is 14.9 Å². The van der Waals surface area contributed by atoms with Gasteiger partial charge in [-0.25, -0.2) is 4.98 Å². The van der Waals surface area contributed by atoms with E-state index in [1.807, 2.05) is 0 Å². The van der Waals surface area contributed by atoms with Gasteiger partial charge in [0.05, 0.1) is 16.4 Å². The van der Waals surface area contributed by atoms with Gasteiger partial charge in [-0.2, -0.15) is 0 Å². The number of nitro groups is 1. The van der Waals surface area contributed by atoms with Gasteiger partial charge in [0.1, 0.15) is 0 Å². The van der Waals surface area contributed by atoms with Gasteiger partial charge in [0.25, 0.3) is 0 Å². The second-order valence-electron chi connectivity index (χ2n) is 2.73. The fraction of sp³-hybridized carbons (Fsp3) is 0.250. The molecule has 0 aliphatic heterocycles. The molecule has 86 valence electrons. The highest BCUT2D eigenvalue weighted by Crippen LogP contribution is 2.29. The van der Waals surface area contributed by atoms with E-state index in [1.54, 1.807) is 0 Å². The molecule has 0 saturated carbocycles. The lowest BCUT2D eigenvalue weighted by Crippen LogP contribution is -1.98. The first kappa shape index (κ1) is 12.7. The van der Waals surface area contributed by atoms with Crippen LogP contribution in [0, 0.1) is 10.1 Å². The number of carboxylic acid groups (broad SMARTS) is 1. The number of carbonyl (C=O) groups is 1. The molecule has 0 aliphatic rings. The van der Waals surface area contributed by atoms with Crippen molar-refractivity contribution < 1.29 is 14.8 Å². The van der Waals surface area contributed by atoms with E-state index in [9.17, 15) is 14.9 Å². The molecule has 0 aromatic carbocycles. The van der Waals surface area contributed by atoms with Gasteiger partial charge >= 0.3 is 11.7 Å². The summed E-state index contributed by atoms with van der Waals surface area (Å²) < 4.78 is 0. The lowest BCUT2D eigenvalue weighted by atomic mass is 10.4. The number of thioether (sulfide) groups is 1. The highest BCUT2D eigenvalue weighted by molar-refractivity contribution is 7.99. The van der Waals surface area contributed by atoms with E-state index in [0.29, 0.717) is 0 Å². The standard InChI is InChI=1S/C8H7ClN2O4S/c9-5-3-6(11(14)15)8(10-4-5)16-2-1-7(12)13/h3-4H,1-2H2,(H,12,13). The van der Waals surface area contributed by atoms with Crippen LogP contribution < -0.4 is 0 Å². The summed E-state index contributed by atoms with van der Waals surface area (Å²) in [4.78, 5) is 24.1. The first-order chi connectivity index (χ1) is 7.50. The van der Waals surface area contributed by atoms with E-state index in [4.69, 9.17) is 16.7 Å². The number of rotatable bonds is 5. The molecule has 6 nitrogen and oxygen atoms in total. The van der Waals surface area contributed by atoms with E-state index in [1.165, 1.54) is 12.3 Å². The Bertz CT molecular complexity index is 426. The molecule has 0 unspecified atom stereocenters. The maximum absolute atomic E-state index is 10.6. The zero-order valence-corrected chi connectivity index (χ0v) is 9.49. The fourth-order valence-corrected chi connectivity index (χ4v) is 1.92. The minimum Gasteiger partial charge on any atom is -0.481 e. The van der Waals surface area contributed by atoms with Gasteiger partial charge in [0, 0.05) is 18.0 Å². The van der Waals surface area contributed by atoms with Crippen molar-refractivity contribution in [2.45, 2.75) is 11.4 Å². The van der Waals surface area contributed by atoms with Crippen LogP contribution in [0.15, 0.2) is 17.3 Å². The summed E-state index contributed by atoms with van der Waals surface area (Å²) in [5.74, 6) is -0.728. The van der Waals surface area contributed by atoms with Crippen molar-refractivity contribution >= 4 is 35.0 Å². The Morgan fingerprint density at radius 1 is 1.69 bits per heavy atom. The smallest absolute Gasteiger partial charge is 0.304 e. The fourth-order valence-electron chi connectivity index (χ4n) is 0.893. The Hall–Kier alpha value is -1.34. The number of hydrogen-bond donors (Lipinski definition) is 1. The number of aliphatic carboxylic acids is 1. The number of nitrogens with zero attached hydrogens (tertiary/aromatic N) is 2. The highest BCUT2D eigenvalue weighted by atomic mass is 35.5. The molecule has 0 fully saturated rings. The molecule has 8 heteroatoms. The average molecular weight is 263 g/mol. The predicted molar refractivity (Wildman–Crippen MR) is 58.9 cm³/mol. The van der Waals surface area contributed by atoms with Crippen molar-refractivity contribution in [2.75, 3.05) is 5.75 Å². The monoisotopic (exact) mass is 262 g/mol. The maximum atomic E-state index is 10.6. The van der Waals surface area contributed by atoms with Crippen LogP contribution in [0.5, 0.6) is 0 Å². The topological polar surface area (TPSA) is 93.3 Å². The molecule has 0 atom stereocenters. The summed E-state index contributed by atoms with van der Waals surface area (Å²) in [5.41, 5.74) is -0.206. The second-order valence-corrected chi connectivity index (χ2v) is 4.25. The summed E-state index contributed by atoms with van der Waals surface area (Å²) in [7, 11) is 0. The summed E-state index contributed by atoms with van der Waals surface area (Å²) in [6, 6.07) is 1.19. The summed E-state index contributed by atoms with van der Waals surface area (Å²) in [6.07, 6.45) is 1.21. The van der Waals surface area contributed by atoms with Crippen LogP contribution in [0.1, 0.15) is 6.42 Å². The Balaban J connectivity index is 2.78. The van der Waals surface area contributed by atoms with Crippen LogP contribution in [-0.2, 0) is 4.79 Å². The van der Waals surface area contributed by atoms with Crippen molar-refractivity contribution in [3.63, 3.8) is 0 Å². The summed E-state index contributed by atoms with van der Waals surface area (Å²) >= 11 is 6.60. The molecular weight excluding hydrogens is 256 g/mol. The average Bonchev–Trinajstić information content (AvgIpc) is 2.19. The van der Waals surface area contributed by atoms with Crippen molar-refractivity contribution in [2.24, 2.45) is 0 Å². The van der Waals surface area contributed by atoms with Crippen molar-refractivity contribution in [1.29, 1.82) is 0 Å². The third-order valence-electron chi connectivity index (χ3n) is 1.55. The zero-order valence-electron chi connectivity index (χ0n) is 7.92. The molecule has 1 rings (SSSR count). The predicted octanol–water partition coefficient (Wildman–Crippen LogP) is 2.21. The van der Waals surface area contributed by atoms with Crippen molar-refractivity contribution in [3.8, 4) is 0 Å². The normalized spacial score (nSPS) is 10.1. The van der Waals surface area contributed by atoms with Crippen LogP contribution in [0.2, 0.25) is 5.02 Å². The minimum atomic E-state index is -0.955. The summed E-state index contributed by atoms with van der Waals surface area (Å²) in [6.45, 7) is 0. The first-order valence-electron chi connectivity index (χ1n) is 4.15. The lowest BCUT2D eigenvalue weighted by molar-refractivity contribution is -0.388. The third kappa shape index (κ3) is 3.67. The third-order valence-corrected chi connectivity index (χ3v) is 2.75.